The SMILES string of the molecule is Cc1nc(SCC(=O)Nc2ccccc2C(=O)NC(C)C)c(C#N)c(C)c1C. The molecule has 0 aliphatic carbocycles. The number of carbonyl (C=O) groups is 2. The fourth-order valence-electron chi connectivity index (χ4n) is 2.60. The molecule has 2 amide bonds. The molecule has 0 bridgehead atoms. The molecule has 0 fully saturated rings. The molecule has 0 aliphatic heterocycles. The van der Waals surface area contributed by atoms with Crippen molar-refractivity contribution in [2.45, 2.75) is 45.7 Å². The van der Waals surface area contributed by atoms with Gasteiger partial charge in [0.1, 0.15) is 11.1 Å². The van der Waals surface area contributed by atoms with Crippen LogP contribution in [0.3, 0.4) is 0 Å². The molecule has 1 aromatic heterocycles. The zero-order valence-electron chi connectivity index (χ0n) is 16.7. The van der Waals surface area contributed by atoms with E-state index in [1.54, 1.807) is 24.3 Å². The summed E-state index contributed by atoms with van der Waals surface area (Å²) in [5, 5.41) is 15.6. The molecule has 0 saturated heterocycles. The van der Waals surface area contributed by atoms with E-state index >= 15 is 0 Å². The van der Waals surface area contributed by atoms with Crippen molar-refractivity contribution in [3.8, 4) is 6.07 Å². The molecule has 1 heterocycles. The number of nitrogens with one attached hydrogen (secondary N) is 2. The van der Waals surface area contributed by atoms with Crippen LogP contribution in [0, 0.1) is 32.1 Å². The van der Waals surface area contributed by atoms with Gasteiger partial charge in [0.15, 0.2) is 0 Å². The van der Waals surface area contributed by atoms with Crippen molar-refractivity contribution in [2.75, 3.05) is 11.1 Å². The lowest BCUT2D eigenvalue weighted by molar-refractivity contribution is -0.113. The molecule has 7 heteroatoms. The minimum Gasteiger partial charge on any atom is -0.350 e. The third-order valence-electron chi connectivity index (χ3n) is 4.28. The zero-order chi connectivity index (χ0) is 20.8. The first-order valence-electron chi connectivity index (χ1n) is 8.95. The van der Waals surface area contributed by atoms with Crippen molar-refractivity contribution in [1.82, 2.24) is 10.3 Å². The standard InChI is InChI=1S/C21H24N4O2S/c1-12(2)23-20(27)16-8-6-7-9-18(16)25-19(26)11-28-21-17(10-22)14(4)13(3)15(5)24-21/h6-9,12H,11H2,1-5H3,(H,23,27)(H,25,26). The number of hydrogen-bond acceptors (Lipinski definition) is 5. The van der Waals surface area contributed by atoms with Crippen molar-refractivity contribution >= 4 is 29.3 Å². The van der Waals surface area contributed by atoms with Crippen LogP contribution in [0.2, 0.25) is 0 Å². The van der Waals surface area contributed by atoms with Gasteiger partial charge in [0.25, 0.3) is 5.91 Å². The average molecular weight is 397 g/mol. The van der Waals surface area contributed by atoms with E-state index in [0.717, 1.165) is 16.8 Å². The number of benzene rings is 1. The lowest BCUT2D eigenvalue weighted by Gasteiger charge is -2.14. The van der Waals surface area contributed by atoms with Crippen molar-refractivity contribution in [3.05, 3.63) is 52.2 Å². The Hall–Kier alpha value is -2.85. The number of pyridine rings is 1. The molecule has 0 saturated carbocycles. The van der Waals surface area contributed by atoms with Crippen LogP contribution in [0.25, 0.3) is 0 Å². The maximum Gasteiger partial charge on any atom is 0.253 e. The normalized spacial score (nSPS) is 10.5. The topological polar surface area (TPSA) is 94.9 Å². The molecule has 2 aromatic rings. The lowest BCUT2D eigenvalue weighted by Crippen LogP contribution is -2.31. The summed E-state index contributed by atoms with van der Waals surface area (Å²) < 4.78 is 0. The van der Waals surface area contributed by atoms with Crippen LogP contribution in [0.5, 0.6) is 0 Å². The Morgan fingerprint density at radius 1 is 1.18 bits per heavy atom. The van der Waals surface area contributed by atoms with Gasteiger partial charge in [-0.25, -0.2) is 4.98 Å². The quantitative estimate of drug-likeness (QED) is 0.725. The molecule has 6 nitrogen and oxygen atoms in total. The molecular formula is C21H24N4O2S. The summed E-state index contributed by atoms with van der Waals surface area (Å²) in [4.78, 5) is 29.2. The second kappa shape index (κ2) is 9.38. The fraction of sp³-hybridized carbons (Fsp3) is 0.333. The molecule has 0 atom stereocenters. The first-order valence-corrected chi connectivity index (χ1v) is 9.93. The van der Waals surface area contributed by atoms with Gasteiger partial charge in [-0.15, -0.1) is 0 Å². The molecule has 0 unspecified atom stereocenters. The highest BCUT2D eigenvalue weighted by molar-refractivity contribution is 8.00. The van der Waals surface area contributed by atoms with Gasteiger partial charge in [-0.05, 0) is 57.9 Å². The van der Waals surface area contributed by atoms with Crippen LogP contribution in [-0.2, 0) is 4.79 Å². The Labute approximate surface area is 169 Å². The summed E-state index contributed by atoms with van der Waals surface area (Å²) in [6.07, 6.45) is 0. The van der Waals surface area contributed by atoms with E-state index in [1.165, 1.54) is 11.8 Å². The van der Waals surface area contributed by atoms with Crippen LogP contribution < -0.4 is 10.6 Å². The predicted molar refractivity (Wildman–Crippen MR) is 112 cm³/mol. The third kappa shape index (κ3) is 5.11. The summed E-state index contributed by atoms with van der Waals surface area (Å²) >= 11 is 1.21. The van der Waals surface area contributed by atoms with Crippen molar-refractivity contribution < 1.29 is 9.59 Å². The van der Waals surface area contributed by atoms with Crippen LogP contribution in [-0.4, -0.2) is 28.6 Å². The van der Waals surface area contributed by atoms with Crippen molar-refractivity contribution in [2.24, 2.45) is 0 Å². The third-order valence-corrected chi connectivity index (χ3v) is 5.26. The molecule has 2 N–H and O–H groups in total. The van der Waals surface area contributed by atoms with E-state index in [1.807, 2.05) is 34.6 Å². The number of carbonyl (C=O) groups excluding carboxylic acids is 2. The average Bonchev–Trinajstić information content (AvgIpc) is 2.64. The van der Waals surface area contributed by atoms with Crippen LogP contribution in [0.1, 0.15) is 46.6 Å². The smallest absolute Gasteiger partial charge is 0.253 e. The van der Waals surface area contributed by atoms with E-state index < -0.39 is 0 Å². The highest BCUT2D eigenvalue weighted by Gasteiger charge is 2.16. The molecule has 0 aliphatic rings. The Bertz CT molecular complexity index is 948. The number of rotatable bonds is 6. The molecule has 146 valence electrons. The van der Waals surface area contributed by atoms with E-state index in [0.29, 0.717) is 21.8 Å². The van der Waals surface area contributed by atoms with Gasteiger partial charge in [-0.3, -0.25) is 9.59 Å². The first-order chi connectivity index (χ1) is 13.2. The second-order valence-corrected chi connectivity index (χ2v) is 7.71. The van der Waals surface area contributed by atoms with Gasteiger partial charge in [-0.2, -0.15) is 5.26 Å². The van der Waals surface area contributed by atoms with E-state index in [4.69, 9.17) is 0 Å². The number of nitrogens with zero attached hydrogens (tertiary/aromatic N) is 2. The number of aromatic nitrogens is 1. The summed E-state index contributed by atoms with van der Waals surface area (Å²) in [7, 11) is 0. The number of nitriles is 1. The molecule has 0 spiro atoms. The number of thioether (sulfide) groups is 1. The van der Waals surface area contributed by atoms with Crippen LogP contribution >= 0.6 is 11.8 Å². The maximum atomic E-state index is 12.4. The highest BCUT2D eigenvalue weighted by Crippen LogP contribution is 2.26. The van der Waals surface area contributed by atoms with Gasteiger partial charge in [0.2, 0.25) is 5.91 Å². The maximum absolute atomic E-state index is 12.4. The van der Waals surface area contributed by atoms with Gasteiger partial charge in [-0.1, -0.05) is 23.9 Å². The number of anilines is 1. The van der Waals surface area contributed by atoms with Gasteiger partial charge in [0.05, 0.1) is 22.6 Å². The number of amides is 2. The minimum atomic E-state index is -0.267. The largest absolute Gasteiger partial charge is 0.350 e. The predicted octanol–water partition coefficient (Wildman–Crippen LogP) is 3.75. The van der Waals surface area contributed by atoms with Crippen LogP contribution in [0.4, 0.5) is 5.69 Å². The van der Waals surface area contributed by atoms with Crippen LogP contribution in [0.15, 0.2) is 29.3 Å². The summed E-state index contributed by atoms with van der Waals surface area (Å²) in [5.74, 6) is -0.419. The lowest BCUT2D eigenvalue weighted by atomic mass is 10.1. The first kappa shape index (κ1) is 21.5. The molecular weight excluding hydrogens is 372 g/mol. The highest BCUT2D eigenvalue weighted by atomic mass is 32.2. The second-order valence-electron chi connectivity index (χ2n) is 6.75. The molecule has 28 heavy (non-hydrogen) atoms. The molecule has 1 aromatic carbocycles. The van der Waals surface area contributed by atoms with Crippen molar-refractivity contribution in [3.63, 3.8) is 0 Å². The monoisotopic (exact) mass is 396 g/mol. The Balaban J connectivity index is 2.13. The fourth-order valence-corrected chi connectivity index (χ4v) is 3.48. The molecule has 2 rings (SSSR count). The Morgan fingerprint density at radius 2 is 1.86 bits per heavy atom. The molecule has 0 radical (unpaired) electrons. The van der Waals surface area contributed by atoms with Gasteiger partial charge in [0, 0.05) is 11.7 Å². The zero-order valence-corrected chi connectivity index (χ0v) is 17.5. The van der Waals surface area contributed by atoms with Crippen molar-refractivity contribution in [1.29, 1.82) is 5.26 Å². The van der Waals surface area contributed by atoms with Gasteiger partial charge >= 0.3 is 0 Å². The Kier molecular flexibility index (Phi) is 7.18. The van der Waals surface area contributed by atoms with E-state index in [-0.39, 0.29) is 23.6 Å². The van der Waals surface area contributed by atoms with E-state index in [2.05, 4.69) is 21.7 Å². The number of hydrogen-bond donors (Lipinski definition) is 2. The van der Waals surface area contributed by atoms with E-state index in [9.17, 15) is 14.9 Å². The Morgan fingerprint density at radius 3 is 2.50 bits per heavy atom. The summed E-state index contributed by atoms with van der Waals surface area (Å²) in [6, 6.07) is 9.05. The van der Waals surface area contributed by atoms with Gasteiger partial charge < -0.3 is 10.6 Å². The minimum absolute atomic E-state index is 0.00435. The summed E-state index contributed by atoms with van der Waals surface area (Å²) in [5.41, 5.74) is 4.07. The summed E-state index contributed by atoms with van der Waals surface area (Å²) in [6.45, 7) is 9.45. The number of para-hydroxylation sites is 1. The number of aryl methyl sites for hydroxylation is 1.